The van der Waals surface area contributed by atoms with Gasteiger partial charge in [0.1, 0.15) is 0 Å². The van der Waals surface area contributed by atoms with E-state index >= 15 is 0 Å². The van der Waals surface area contributed by atoms with Crippen molar-refractivity contribution in [3.63, 3.8) is 0 Å². The summed E-state index contributed by atoms with van der Waals surface area (Å²) >= 11 is 0. The Hall–Kier alpha value is -0.120. The zero-order chi connectivity index (χ0) is 10.5. The maximum absolute atomic E-state index is 3.29. The molecule has 0 amide bonds. The van der Waals surface area contributed by atoms with Crippen molar-refractivity contribution in [1.29, 1.82) is 0 Å². The lowest BCUT2D eigenvalue weighted by Gasteiger charge is -2.20. The van der Waals surface area contributed by atoms with Crippen LogP contribution in [0.15, 0.2) is 0 Å². The molecule has 2 heterocycles. The summed E-state index contributed by atoms with van der Waals surface area (Å²) in [5.41, 5.74) is 0. The molecule has 1 unspecified atom stereocenters. The van der Waals surface area contributed by atoms with Gasteiger partial charge in [-0.1, -0.05) is 0 Å². The normalized spacial score (nSPS) is 29.0. The van der Waals surface area contributed by atoms with Crippen LogP contribution in [0.5, 0.6) is 0 Å². The second-order valence-corrected chi connectivity index (χ2v) is 5.06. The van der Waals surface area contributed by atoms with Crippen molar-refractivity contribution in [2.45, 2.75) is 19.3 Å². The molecular formula is C12H25N3. The third kappa shape index (κ3) is 3.44. The van der Waals surface area contributed by atoms with Crippen LogP contribution < -0.4 is 5.32 Å². The van der Waals surface area contributed by atoms with Crippen LogP contribution in [-0.4, -0.2) is 62.7 Å². The fourth-order valence-corrected chi connectivity index (χ4v) is 2.86. The van der Waals surface area contributed by atoms with E-state index < -0.39 is 0 Å². The van der Waals surface area contributed by atoms with Crippen molar-refractivity contribution in [3.8, 4) is 0 Å². The van der Waals surface area contributed by atoms with Crippen LogP contribution in [0.1, 0.15) is 19.3 Å². The molecule has 0 radical (unpaired) electrons. The quantitative estimate of drug-likeness (QED) is 0.719. The van der Waals surface area contributed by atoms with Crippen molar-refractivity contribution in [1.82, 2.24) is 15.1 Å². The fraction of sp³-hybridized carbons (Fsp3) is 1.00. The minimum Gasteiger partial charge on any atom is -0.319 e. The fourth-order valence-electron chi connectivity index (χ4n) is 2.86. The van der Waals surface area contributed by atoms with Gasteiger partial charge in [0.25, 0.3) is 0 Å². The number of likely N-dealkylation sites (tertiary alicyclic amines) is 2. The second-order valence-electron chi connectivity index (χ2n) is 5.06. The van der Waals surface area contributed by atoms with Crippen molar-refractivity contribution in [3.05, 3.63) is 0 Å². The summed E-state index contributed by atoms with van der Waals surface area (Å²) in [4.78, 5) is 5.26. The molecule has 2 saturated heterocycles. The number of hydrogen-bond donors (Lipinski definition) is 1. The van der Waals surface area contributed by atoms with Gasteiger partial charge in [-0.05, 0) is 58.4 Å². The number of rotatable bonds is 5. The molecule has 3 nitrogen and oxygen atoms in total. The van der Waals surface area contributed by atoms with Gasteiger partial charge in [0.05, 0.1) is 0 Å². The highest BCUT2D eigenvalue weighted by Gasteiger charge is 2.22. The first-order valence-corrected chi connectivity index (χ1v) is 6.48. The van der Waals surface area contributed by atoms with E-state index in [1.165, 1.54) is 65.1 Å². The molecule has 0 spiro atoms. The van der Waals surface area contributed by atoms with E-state index in [1.54, 1.807) is 0 Å². The summed E-state index contributed by atoms with van der Waals surface area (Å²) in [7, 11) is 2.06. The average molecular weight is 211 g/mol. The molecule has 0 saturated carbocycles. The zero-order valence-electron chi connectivity index (χ0n) is 10.0. The second kappa shape index (κ2) is 5.83. The van der Waals surface area contributed by atoms with Gasteiger partial charge in [-0.2, -0.15) is 0 Å². The smallest absolute Gasteiger partial charge is 0.0109 e. The van der Waals surface area contributed by atoms with Crippen molar-refractivity contribution < 1.29 is 0 Å². The van der Waals surface area contributed by atoms with E-state index in [1.807, 2.05) is 0 Å². The Bertz CT molecular complexity index is 178. The highest BCUT2D eigenvalue weighted by molar-refractivity contribution is 4.78. The van der Waals surface area contributed by atoms with E-state index in [0.29, 0.717) is 0 Å². The van der Waals surface area contributed by atoms with E-state index in [0.717, 1.165) is 5.92 Å². The molecule has 2 aliphatic heterocycles. The molecule has 2 aliphatic rings. The first-order chi connectivity index (χ1) is 7.38. The van der Waals surface area contributed by atoms with E-state index in [9.17, 15) is 0 Å². The third-order valence-electron chi connectivity index (χ3n) is 3.79. The third-order valence-corrected chi connectivity index (χ3v) is 3.79. The van der Waals surface area contributed by atoms with Gasteiger partial charge in [-0.3, -0.25) is 0 Å². The molecule has 88 valence electrons. The minimum absolute atomic E-state index is 0.897. The minimum atomic E-state index is 0.897. The van der Waals surface area contributed by atoms with Crippen LogP contribution in [0.25, 0.3) is 0 Å². The SMILES string of the molecule is CNCC1CCN(CCN2CCCC2)C1. The van der Waals surface area contributed by atoms with E-state index in [4.69, 9.17) is 0 Å². The molecule has 2 fully saturated rings. The van der Waals surface area contributed by atoms with Gasteiger partial charge in [-0.25, -0.2) is 0 Å². The van der Waals surface area contributed by atoms with Gasteiger partial charge in [-0.15, -0.1) is 0 Å². The topological polar surface area (TPSA) is 18.5 Å². The standard InChI is InChI=1S/C12H25N3/c1-13-10-12-4-7-15(11-12)9-8-14-5-2-3-6-14/h12-13H,2-11H2,1H3. The van der Waals surface area contributed by atoms with Gasteiger partial charge < -0.3 is 15.1 Å². The Morgan fingerprint density at radius 1 is 1.07 bits per heavy atom. The maximum atomic E-state index is 3.29. The largest absolute Gasteiger partial charge is 0.319 e. The van der Waals surface area contributed by atoms with Crippen LogP contribution in [0.3, 0.4) is 0 Å². The molecule has 0 aromatic rings. The molecule has 3 heteroatoms. The van der Waals surface area contributed by atoms with Crippen molar-refractivity contribution in [2.24, 2.45) is 5.92 Å². The monoisotopic (exact) mass is 211 g/mol. The van der Waals surface area contributed by atoms with E-state index in [2.05, 4.69) is 22.2 Å². The highest BCUT2D eigenvalue weighted by Crippen LogP contribution is 2.15. The highest BCUT2D eigenvalue weighted by atomic mass is 15.2. The Morgan fingerprint density at radius 2 is 1.80 bits per heavy atom. The lowest BCUT2D eigenvalue weighted by Crippen LogP contribution is -2.33. The first-order valence-electron chi connectivity index (χ1n) is 6.48. The van der Waals surface area contributed by atoms with Crippen LogP contribution in [0.2, 0.25) is 0 Å². The van der Waals surface area contributed by atoms with Gasteiger partial charge in [0.15, 0.2) is 0 Å². The Morgan fingerprint density at radius 3 is 2.53 bits per heavy atom. The number of hydrogen-bond acceptors (Lipinski definition) is 3. The van der Waals surface area contributed by atoms with Gasteiger partial charge in [0.2, 0.25) is 0 Å². The molecule has 0 aromatic heterocycles. The molecule has 1 atom stereocenters. The average Bonchev–Trinajstić information content (AvgIpc) is 2.85. The predicted molar refractivity (Wildman–Crippen MR) is 64.1 cm³/mol. The lowest BCUT2D eigenvalue weighted by molar-refractivity contribution is 0.252. The van der Waals surface area contributed by atoms with Crippen LogP contribution >= 0.6 is 0 Å². The lowest BCUT2D eigenvalue weighted by atomic mass is 10.1. The van der Waals surface area contributed by atoms with Crippen molar-refractivity contribution in [2.75, 3.05) is 52.9 Å². The van der Waals surface area contributed by atoms with Crippen LogP contribution in [0.4, 0.5) is 0 Å². The molecule has 1 N–H and O–H groups in total. The van der Waals surface area contributed by atoms with Gasteiger partial charge in [0, 0.05) is 19.6 Å². The molecule has 15 heavy (non-hydrogen) atoms. The number of nitrogens with one attached hydrogen (secondary N) is 1. The van der Waals surface area contributed by atoms with Crippen LogP contribution in [0, 0.1) is 5.92 Å². The molecule has 0 aliphatic carbocycles. The van der Waals surface area contributed by atoms with Gasteiger partial charge >= 0.3 is 0 Å². The first kappa shape index (κ1) is 11.4. The zero-order valence-corrected chi connectivity index (χ0v) is 10.0. The summed E-state index contributed by atoms with van der Waals surface area (Å²) in [5.74, 6) is 0.897. The molecule has 2 rings (SSSR count). The Balaban J connectivity index is 1.59. The molecule has 0 aromatic carbocycles. The summed E-state index contributed by atoms with van der Waals surface area (Å²) in [6.45, 7) is 9.10. The summed E-state index contributed by atoms with van der Waals surface area (Å²) in [6.07, 6.45) is 4.23. The summed E-state index contributed by atoms with van der Waals surface area (Å²) in [5, 5.41) is 3.29. The van der Waals surface area contributed by atoms with Crippen LogP contribution in [-0.2, 0) is 0 Å². The Labute approximate surface area is 93.8 Å². The Kier molecular flexibility index (Phi) is 4.42. The molecular weight excluding hydrogens is 186 g/mol. The summed E-state index contributed by atoms with van der Waals surface area (Å²) in [6, 6.07) is 0. The number of nitrogens with zero attached hydrogens (tertiary/aromatic N) is 2. The van der Waals surface area contributed by atoms with E-state index in [-0.39, 0.29) is 0 Å². The maximum Gasteiger partial charge on any atom is 0.0109 e. The summed E-state index contributed by atoms with van der Waals surface area (Å²) < 4.78 is 0. The predicted octanol–water partition coefficient (Wildman–Crippen LogP) is 0.624. The molecule has 0 bridgehead atoms. The van der Waals surface area contributed by atoms with Crippen molar-refractivity contribution >= 4 is 0 Å².